The van der Waals surface area contributed by atoms with E-state index in [-0.39, 0.29) is 0 Å². The summed E-state index contributed by atoms with van der Waals surface area (Å²) in [5.41, 5.74) is 3.85. The predicted octanol–water partition coefficient (Wildman–Crippen LogP) is 5.85. The van der Waals surface area contributed by atoms with Crippen LogP contribution < -0.4 is 0 Å². The van der Waals surface area contributed by atoms with Gasteiger partial charge >= 0.3 is 0 Å². The van der Waals surface area contributed by atoms with Gasteiger partial charge in [0.25, 0.3) is 0 Å². The number of aliphatic imine (C=N–C) groups is 1. The standard InChI is InChI=1S/C25H26N4S/c1-2-8-19(9-3-1)18-30-25-28-27-24(23-15-14-20-10-4-5-13-22(20)23)29(25)17-7-12-21-11-6-16-26-21/h1-5,8-11,13,15-16,20,22H,6-7,12,14,17-18H2. The second-order valence-corrected chi connectivity index (χ2v) is 8.88. The lowest BCUT2D eigenvalue weighted by molar-refractivity contribution is 0.572. The molecule has 2 atom stereocenters. The van der Waals surface area contributed by atoms with Gasteiger partial charge in [0.2, 0.25) is 0 Å². The maximum absolute atomic E-state index is 4.67. The van der Waals surface area contributed by atoms with Gasteiger partial charge in [-0.25, -0.2) is 0 Å². The van der Waals surface area contributed by atoms with E-state index in [2.05, 4.69) is 86.5 Å². The molecule has 3 aliphatic rings. The van der Waals surface area contributed by atoms with E-state index in [1.807, 2.05) is 6.21 Å². The molecule has 0 spiro atoms. The van der Waals surface area contributed by atoms with Gasteiger partial charge in [-0.15, -0.1) is 10.2 Å². The molecule has 1 aromatic heterocycles. The lowest BCUT2D eigenvalue weighted by Gasteiger charge is -2.19. The van der Waals surface area contributed by atoms with Crippen LogP contribution in [-0.2, 0) is 12.3 Å². The van der Waals surface area contributed by atoms with E-state index in [1.165, 1.54) is 16.8 Å². The van der Waals surface area contributed by atoms with Crippen molar-refractivity contribution in [1.82, 2.24) is 14.8 Å². The second-order valence-electron chi connectivity index (χ2n) is 7.93. The number of nitrogens with zero attached hydrogens (tertiary/aromatic N) is 4. The first-order valence-electron chi connectivity index (χ1n) is 10.8. The molecule has 0 radical (unpaired) electrons. The van der Waals surface area contributed by atoms with Crippen LogP contribution in [0.1, 0.15) is 37.1 Å². The summed E-state index contributed by atoms with van der Waals surface area (Å²) in [6, 6.07) is 10.6. The van der Waals surface area contributed by atoms with Gasteiger partial charge in [-0.05, 0) is 30.7 Å². The average Bonchev–Trinajstić information content (AvgIpc) is 3.53. The van der Waals surface area contributed by atoms with E-state index in [0.29, 0.717) is 11.8 Å². The Labute approximate surface area is 182 Å². The Bertz CT molecular complexity index is 1040. The topological polar surface area (TPSA) is 43.1 Å². The fourth-order valence-electron chi connectivity index (χ4n) is 4.38. The van der Waals surface area contributed by atoms with Crippen molar-refractivity contribution >= 4 is 23.5 Å². The van der Waals surface area contributed by atoms with Crippen LogP contribution in [0.5, 0.6) is 0 Å². The van der Waals surface area contributed by atoms with E-state index in [1.54, 1.807) is 11.8 Å². The van der Waals surface area contributed by atoms with Crippen LogP contribution in [-0.4, -0.2) is 21.0 Å². The molecule has 1 aromatic carbocycles. The number of fused-ring (bicyclic) bond motifs is 1. The maximum Gasteiger partial charge on any atom is 0.191 e. The lowest BCUT2D eigenvalue weighted by Crippen LogP contribution is -2.12. The summed E-state index contributed by atoms with van der Waals surface area (Å²) < 4.78 is 2.34. The van der Waals surface area contributed by atoms with E-state index >= 15 is 0 Å². The molecule has 0 saturated carbocycles. The Morgan fingerprint density at radius 1 is 1.03 bits per heavy atom. The quantitative estimate of drug-likeness (QED) is 0.509. The van der Waals surface area contributed by atoms with Gasteiger partial charge < -0.3 is 4.57 Å². The molecular formula is C25H26N4S. The van der Waals surface area contributed by atoms with Gasteiger partial charge in [0, 0.05) is 42.1 Å². The van der Waals surface area contributed by atoms with Crippen LogP contribution in [0.15, 0.2) is 82.6 Å². The molecule has 2 aromatic rings. The van der Waals surface area contributed by atoms with Gasteiger partial charge in [-0.3, -0.25) is 4.99 Å². The van der Waals surface area contributed by atoms with Crippen LogP contribution >= 0.6 is 11.8 Å². The normalized spacial score (nSPS) is 21.7. The number of thioether (sulfide) groups is 1. The Morgan fingerprint density at radius 2 is 1.93 bits per heavy atom. The molecule has 0 bridgehead atoms. The molecule has 1 aliphatic heterocycles. The molecule has 30 heavy (non-hydrogen) atoms. The van der Waals surface area contributed by atoms with Crippen molar-refractivity contribution in [2.45, 2.75) is 43.1 Å². The SMILES string of the molecule is C1=CC2CC=C(c3nnc(SCc4ccccc4)n3CCCC3=CCC=N3)C2C=C1. The van der Waals surface area contributed by atoms with Gasteiger partial charge in [0.15, 0.2) is 11.0 Å². The Morgan fingerprint density at radius 3 is 2.80 bits per heavy atom. The smallest absolute Gasteiger partial charge is 0.191 e. The Kier molecular flexibility index (Phi) is 5.80. The minimum atomic E-state index is 0.423. The third-order valence-electron chi connectivity index (χ3n) is 5.93. The minimum Gasteiger partial charge on any atom is -0.302 e. The van der Waals surface area contributed by atoms with Crippen molar-refractivity contribution in [2.75, 3.05) is 0 Å². The first-order valence-corrected chi connectivity index (χ1v) is 11.7. The van der Waals surface area contributed by atoms with Gasteiger partial charge in [-0.2, -0.15) is 0 Å². The number of hydrogen-bond donors (Lipinski definition) is 0. The van der Waals surface area contributed by atoms with Gasteiger partial charge in [-0.1, -0.05) is 78.5 Å². The first-order chi connectivity index (χ1) is 14.9. The third kappa shape index (κ3) is 4.12. The molecule has 5 heteroatoms. The number of benzene rings is 1. The van der Waals surface area contributed by atoms with E-state index < -0.39 is 0 Å². The number of allylic oxidation sites excluding steroid dienone is 8. The summed E-state index contributed by atoms with van der Waals surface area (Å²) in [5, 5.41) is 10.3. The van der Waals surface area contributed by atoms with Crippen LogP contribution in [0, 0.1) is 11.8 Å². The lowest BCUT2D eigenvalue weighted by atomic mass is 9.87. The van der Waals surface area contributed by atoms with Crippen molar-refractivity contribution < 1.29 is 0 Å². The molecule has 0 amide bonds. The highest BCUT2D eigenvalue weighted by atomic mass is 32.2. The summed E-state index contributed by atoms with van der Waals surface area (Å²) in [6.45, 7) is 0.917. The molecule has 2 aliphatic carbocycles. The summed E-state index contributed by atoms with van der Waals surface area (Å²) >= 11 is 1.78. The number of hydrogen-bond acceptors (Lipinski definition) is 4. The molecule has 152 valence electrons. The monoisotopic (exact) mass is 414 g/mol. The van der Waals surface area contributed by atoms with Crippen molar-refractivity contribution in [2.24, 2.45) is 16.8 Å². The molecular weight excluding hydrogens is 388 g/mol. The van der Waals surface area contributed by atoms with Crippen molar-refractivity contribution in [1.29, 1.82) is 0 Å². The molecule has 5 rings (SSSR count). The number of aromatic nitrogens is 3. The van der Waals surface area contributed by atoms with Crippen LogP contribution in [0.25, 0.3) is 5.57 Å². The molecule has 0 fully saturated rings. The zero-order valence-electron chi connectivity index (χ0n) is 17.0. The summed E-state index contributed by atoms with van der Waals surface area (Å²) in [6.07, 6.45) is 19.7. The fourth-order valence-corrected chi connectivity index (χ4v) is 5.30. The van der Waals surface area contributed by atoms with E-state index in [0.717, 1.165) is 49.0 Å². The van der Waals surface area contributed by atoms with Crippen LogP contribution in [0.3, 0.4) is 0 Å². The zero-order chi connectivity index (χ0) is 20.2. The van der Waals surface area contributed by atoms with Crippen molar-refractivity contribution in [3.63, 3.8) is 0 Å². The van der Waals surface area contributed by atoms with Crippen LogP contribution in [0.4, 0.5) is 0 Å². The summed E-state index contributed by atoms with van der Waals surface area (Å²) in [7, 11) is 0. The molecule has 4 nitrogen and oxygen atoms in total. The summed E-state index contributed by atoms with van der Waals surface area (Å²) in [4.78, 5) is 4.47. The minimum absolute atomic E-state index is 0.423. The molecule has 2 heterocycles. The third-order valence-corrected chi connectivity index (χ3v) is 6.97. The van der Waals surface area contributed by atoms with Crippen LogP contribution in [0.2, 0.25) is 0 Å². The fraction of sp³-hybridized carbons (Fsp3) is 0.320. The Hall–Kier alpha value is -2.66. The van der Waals surface area contributed by atoms with E-state index in [9.17, 15) is 0 Å². The second kappa shape index (κ2) is 9.00. The Balaban J connectivity index is 1.37. The molecule has 0 N–H and O–H groups in total. The zero-order valence-corrected chi connectivity index (χ0v) is 17.8. The van der Waals surface area contributed by atoms with Gasteiger partial charge in [0.1, 0.15) is 0 Å². The summed E-state index contributed by atoms with van der Waals surface area (Å²) in [5.74, 6) is 2.94. The number of rotatable bonds is 8. The first kappa shape index (κ1) is 19.3. The highest BCUT2D eigenvalue weighted by molar-refractivity contribution is 7.98. The van der Waals surface area contributed by atoms with Gasteiger partial charge in [0.05, 0.1) is 0 Å². The van der Waals surface area contributed by atoms with Crippen molar-refractivity contribution in [3.05, 3.63) is 83.9 Å². The average molecular weight is 415 g/mol. The largest absolute Gasteiger partial charge is 0.302 e. The molecule has 2 unspecified atom stereocenters. The maximum atomic E-state index is 4.67. The highest BCUT2D eigenvalue weighted by Gasteiger charge is 2.31. The van der Waals surface area contributed by atoms with Crippen molar-refractivity contribution in [3.8, 4) is 0 Å². The predicted molar refractivity (Wildman–Crippen MR) is 124 cm³/mol. The highest BCUT2D eigenvalue weighted by Crippen LogP contribution is 2.41. The van der Waals surface area contributed by atoms with E-state index in [4.69, 9.17) is 0 Å². The molecule has 0 saturated heterocycles.